The molecule has 0 saturated carbocycles. The van der Waals surface area contributed by atoms with Gasteiger partial charge in [-0.25, -0.2) is 17.6 Å². The summed E-state index contributed by atoms with van der Waals surface area (Å²) in [4.78, 5) is 12.0. The minimum atomic E-state index is -1.68. The second-order valence-electron chi connectivity index (χ2n) is 5.19. The first-order chi connectivity index (χ1) is 12.4. The molecule has 0 fully saturated rings. The minimum absolute atomic E-state index is 0.0293. The number of hydrogen-bond acceptors (Lipinski definition) is 3. The number of carbonyl (C=O) groups is 1. The predicted octanol–water partition coefficient (Wildman–Crippen LogP) is 4.67. The monoisotopic (exact) mass is 365 g/mol. The molecule has 0 bridgehead atoms. The lowest BCUT2D eigenvalue weighted by atomic mass is 10.2. The van der Waals surface area contributed by atoms with Crippen LogP contribution >= 0.6 is 0 Å². The van der Waals surface area contributed by atoms with E-state index in [9.17, 15) is 22.4 Å². The maximum absolute atomic E-state index is 13.6. The lowest BCUT2D eigenvalue weighted by Gasteiger charge is -2.06. The fraction of sp³-hybridized carbons (Fsp3) is 0.0556. The Hall–Kier alpha value is -3.29. The highest BCUT2D eigenvalue weighted by Crippen LogP contribution is 2.21. The third-order valence-corrected chi connectivity index (χ3v) is 3.36. The molecule has 0 atom stereocenters. The fourth-order valence-corrected chi connectivity index (χ4v) is 2.07. The molecule has 1 heterocycles. The molecule has 0 unspecified atom stereocenters. The number of amides is 1. The van der Waals surface area contributed by atoms with Crippen LogP contribution in [-0.2, 0) is 6.61 Å². The minimum Gasteiger partial charge on any atom is -0.486 e. The zero-order valence-corrected chi connectivity index (χ0v) is 13.1. The predicted molar refractivity (Wildman–Crippen MR) is 83.7 cm³/mol. The highest BCUT2D eigenvalue weighted by Gasteiger charge is 2.18. The summed E-state index contributed by atoms with van der Waals surface area (Å²) in [5, 5.41) is 2.09. The van der Waals surface area contributed by atoms with Gasteiger partial charge in [-0.15, -0.1) is 0 Å². The molecule has 1 N–H and O–H groups in total. The van der Waals surface area contributed by atoms with E-state index < -0.39 is 34.9 Å². The first-order valence-electron chi connectivity index (χ1n) is 7.36. The van der Waals surface area contributed by atoms with Gasteiger partial charge in [-0.3, -0.25) is 4.79 Å². The Morgan fingerprint density at radius 1 is 0.923 bits per heavy atom. The van der Waals surface area contributed by atoms with Crippen LogP contribution in [0.15, 0.2) is 52.9 Å². The van der Waals surface area contributed by atoms with Crippen molar-refractivity contribution in [1.82, 2.24) is 0 Å². The number of anilines is 1. The van der Waals surface area contributed by atoms with Gasteiger partial charge in [0.25, 0.3) is 5.91 Å². The van der Waals surface area contributed by atoms with Crippen LogP contribution in [0.5, 0.6) is 5.75 Å². The van der Waals surface area contributed by atoms with E-state index in [-0.39, 0.29) is 18.1 Å². The van der Waals surface area contributed by atoms with Crippen molar-refractivity contribution in [3.05, 3.63) is 83.3 Å². The molecule has 0 saturated heterocycles. The van der Waals surface area contributed by atoms with Crippen LogP contribution in [0.4, 0.5) is 23.2 Å². The molecule has 8 heteroatoms. The average molecular weight is 365 g/mol. The third kappa shape index (κ3) is 3.85. The lowest BCUT2D eigenvalue weighted by molar-refractivity contribution is 0.0992. The summed E-state index contributed by atoms with van der Waals surface area (Å²) in [6.07, 6.45) is 0. The van der Waals surface area contributed by atoms with Gasteiger partial charge in [0.1, 0.15) is 23.9 Å². The van der Waals surface area contributed by atoms with E-state index in [0.717, 1.165) is 6.07 Å². The van der Waals surface area contributed by atoms with E-state index in [0.29, 0.717) is 11.8 Å². The number of nitrogens with one attached hydrogen (secondary N) is 1. The Bertz CT molecular complexity index is 938. The topological polar surface area (TPSA) is 51.5 Å². The van der Waals surface area contributed by atoms with Crippen LogP contribution < -0.4 is 10.1 Å². The normalized spacial score (nSPS) is 10.6. The van der Waals surface area contributed by atoms with E-state index in [2.05, 4.69) is 5.32 Å². The van der Waals surface area contributed by atoms with Crippen LogP contribution in [0.1, 0.15) is 16.3 Å². The molecular formula is C18H11F4NO3. The van der Waals surface area contributed by atoms with Crippen molar-refractivity contribution in [2.75, 3.05) is 5.32 Å². The molecule has 0 aliphatic carbocycles. The summed E-state index contributed by atoms with van der Waals surface area (Å²) in [7, 11) is 0. The van der Waals surface area contributed by atoms with Crippen LogP contribution in [0, 0.1) is 23.3 Å². The Morgan fingerprint density at radius 3 is 2.38 bits per heavy atom. The molecule has 2 aromatic carbocycles. The summed E-state index contributed by atoms with van der Waals surface area (Å²) >= 11 is 0. The molecule has 4 nitrogen and oxygen atoms in total. The zero-order valence-electron chi connectivity index (χ0n) is 13.1. The van der Waals surface area contributed by atoms with Crippen LogP contribution in [0.25, 0.3) is 0 Å². The summed E-state index contributed by atoms with van der Waals surface area (Å²) in [6, 6.07) is 9.68. The number of rotatable bonds is 5. The van der Waals surface area contributed by atoms with E-state index >= 15 is 0 Å². The first-order valence-corrected chi connectivity index (χ1v) is 7.36. The smallest absolute Gasteiger partial charge is 0.291 e. The van der Waals surface area contributed by atoms with Gasteiger partial charge in [-0.2, -0.15) is 0 Å². The zero-order chi connectivity index (χ0) is 18.7. The van der Waals surface area contributed by atoms with Crippen LogP contribution in [0.3, 0.4) is 0 Å². The average Bonchev–Trinajstić information content (AvgIpc) is 3.11. The summed E-state index contributed by atoms with van der Waals surface area (Å²) in [5.74, 6) is -5.30. The molecular weight excluding hydrogens is 354 g/mol. The molecule has 3 aromatic rings. The second-order valence-corrected chi connectivity index (χ2v) is 5.19. The lowest BCUT2D eigenvalue weighted by Crippen LogP contribution is -2.13. The fourth-order valence-electron chi connectivity index (χ4n) is 2.07. The van der Waals surface area contributed by atoms with Gasteiger partial charge >= 0.3 is 0 Å². The van der Waals surface area contributed by atoms with Crippen molar-refractivity contribution in [3.63, 3.8) is 0 Å². The van der Waals surface area contributed by atoms with E-state index in [1.165, 1.54) is 36.4 Å². The summed E-state index contributed by atoms with van der Waals surface area (Å²) in [5.41, 5.74) is -0.519. The van der Waals surface area contributed by atoms with Crippen molar-refractivity contribution < 1.29 is 31.5 Å². The van der Waals surface area contributed by atoms with Crippen LogP contribution in [0.2, 0.25) is 0 Å². The van der Waals surface area contributed by atoms with E-state index in [1.54, 1.807) is 0 Å². The van der Waals surface area contributed by atoms with Gasteiger partial charge in [0.2, 0.25) is 0 Å². The number of benzene rings is 2. The van der Waals surface area contributed by atoms with Gasteiger partial charge in [-0.05, 0) is 48.5 Å². The maximum atomic E-state index is 13.6. The second kappa shape index (κ2) is 7.30. The molecule has 0 spiro atoms. The Kier molecular flexibility index (Phi) is 4.92. The number of furan rings is 1. The molecule has 1 amide bonds. The molecule has 0 radical (unpaired) electrons. The van der Waals surface area contributed by atoms with Gasteiger partial charge in [-0.1, -0.05) is 0 Å². The molecule has 1 aromatic heterocycles. The van der Waals surface area contributed by atoms with Crippen molar-refractivity contribution in [2.45, 2.75) is 6.61 Å². The third-order valence-electron chi connectivity index (χ3n) is 3.36. The highest BCUT2D eigenvalue weighted by molar-refractivity contribution is 6.02. The maximum Gasteiger partial charge on any atom is 0.291 e. The number of halogens is 4. The number of carbonyl (C=O) groups excluding carboxylic acids is 1. The van der Waals surface area contributed by atoms with Gasteiger partial charge in [0.05, 0.1) is 5.69 Å². The molecule has 134 valence electrons. The van der Waals surface area contributed by atoms with Crippen molar-refractivity contribution in [2.24, 2.45) is 0 Å². The summed E-state index contributed by atoms with van der Waals surface area (Å²) in [6.45, 7) is -0.0293. The largest absolute Gasteiger partial charge is 0.486 e. The van der Waals surface area contributed by atoms with E-state index in [4.69, 9.17) is 9.15 Å². The quantitative estimate of drug-likeness (QED) is 0.528. The molecule has 3 rings (SSSR count). The highest BCUT2D eigenvalue weighted by atomic mass is 19.2. The molecule has 26 heavy (non-hydrogen) atoms. The van der Waals surface area contributed by atoms with E-state index in [1.807, 2.05) is 0 Å². The molecule has 0 aliphatic heterocycles. The van der Waals surface area contributed by atoms with Gasteiger partial charge < -0.3 is 14.5 Å². The van der Waals surface area contributed by atoms with Crippen molar-refractivity contribution in [3.8, 4) is 5.75 Å². The Labute approximate surface area is 145 Å². The standard InChI is InChI=1S/C18H11F4NO3/c19-10-1-3-11(4-2-10)25-9-12-5-8-15(26-12)18(24)23-14-7-6-13(20)16(21)17(14)22/h1-8H,9H2,(H,23,24). The Balaban J connectivity index is 1.64. The van der Waals surface area contributed by atoms with Crippen LogP contribution in [-0.4, -0.2) is 5.91 Å². The van der Waals surface area contributed by atoms with Gasteiger partial charge in [0, 0.05) is 0 Å². The van der Waals surface area contributed by atoms with Gasteiger partial charge in [0.15, 0.2) is 23.2 Å². The van der Waals surface area contributed by atoms with Crippen molar-refractivity contribution >= 4 is 11.6 Å². The number of ether oxygens (including phenoxy) is 1. The number of hydrogen-bond donors (Lipinski definition) is 1. The Morgan fingerprint density at radius 2 is 1.65 bits per heavy atom. The summed E-state index contributed by atoms with van der Waals surface area (Å²) < 4.78 is 63.1. The first kappa shape index (κ1) is 17.5. The SMILES string of the molecule is O=C(Nc1ccc(F)c(F)c1F)c1ccc(COc2ccc(F)cc2)o1. The molecule has 0 aliphatic rings. The van der Waals surface area contributed by atoms with Crippen molar-refractivity contribution in [1.29, 1.82) is 0 Å².